The Bertz CT molecular complexity index is 1150. The smallest absolute Gasteiger partial charge is 0.257 e. The molecule has 3 fully saturated rings. The van der Waals surface area contributed by atoms with E-state index in [1.807, 2.05) is 23.1 Å². The van der Waals surface area contributed by atoms with E-state index in [0.717, 1.165) is 29.5 Å². The van der Waals surface area contributed by atoms with Crippen LogP contribution in [0.4, 0.5) is 4.39 Å². The van der Waals surface area contributed by atoms with Gasteiger partial charge < -0.3 is 14.4 Å². The van der Waals surface area contributed by atoms with Crippen LogP contribution >= 0.6 is 0 Å². The molecule has 158 valence electrons. The molecule has 2 aromatic heterocycles. The monoisotopic (exact) mass is 420 g/mol. The number of carbonyl (C=O) groups is 1. The van der Waals surface area contributed by atoms with Gasteiger partial charge in [0.15, 0.2) is 5.60 Å². The van der Waals surface area contributed by atoms with Crippen LogP contribution in [-0.4, -0.2) is 43.7 Å². The third kappa shape index (κ3) is 2.93. The Kier molecular flexibility index (Phi) is 4.26. The fourth-order valence-corrected chi connectivity index (χ4v) is 5.15. The molecule has 1 saturated carbocycles. The van der Waals surface area contributed by atoms with Crippen LogP contribution in [0.2, 0.25) is 0 Å². The number of hydrogen-bond donors (Lipinski definition) is 0. The highest BCUT2D eigenvalue weighted by atomic mass is 19.1. The van der Waals surface area contributed by atoms with Gasteiger partial charge >= 0.3 is 0 Å². The van der Waals surface area contributed by atoms with Gasteiger partial charge in [-0.15, -0.1) is 0 Å². The van der Waals surface area contributed by atoms with Crippen molar-refractivity contribution in [3.8, 4) is 0 Å². The number of pyridine rings is 1. The minimum Gasteiger partial charge on any atom is -0.373 e. The van der Waals surface area contributed by atoms with Crippen LogP contribution < -0.4 is 0 Å². The van der Waals surface area contributed by atoms with Gasteiger partial charge in [-0.05, 0) is 18.4 Å². The SMILES string of the molecule is O=C1N2C(CC[C@H]2c2cnccn2)OC12CC(OCc1cccc3cncc(F)c13)C2. The minimum atomic E-state index is -0.801. The lowest BCUT2D eigenvalue weighted by molar-refractivity contribution is -0.177. The molecule has 1 aromatic carbocycles. The van der Waals surface area contributed by atoms with E-state index < -0.39 is 5.60 Å². The van der Waals surface area contributed by atoms with Gasteiger partial charge in [0.25, 0.3) is 5.91 Å². The number of aromatic nitrogens is 3. The summed E-state index contributed by atoms with van der Waals surface area (Å²) in [5, 5.41) is 1.28. The Morgan fingerprint density at radius 3 is 2.90 bits per heavy atom. The lowest BCUT2D eigenvalue weighted by atomic mass is 9.76. The zero-order valence-electron chi connectivity index (χ0n) is 16.8. The van der Waals surface area contributed by atoms with Crippen molar-refractivity contribution in [1.29, 1.82) is 0 Å². The van der Waals surface area contributed by atoms with Crippen LogP contribution in [0.1, 0.15) is 43.0 Å². The van der Waals surface area contributed by atoms with Gasteiger partial charge in [-0.2, -0.15) is 0 Å². The first-order valence-corrected chi connectivity index (χ1v) is 10.5. The van der Waals surface area contributed by atoms with Crippen LogP contribution in [0.25, 0.3) is 10.8 Å². The van der Waals surface area contributed by atoms with E-state index in [-0.39, 0.29) is 36.7 Å². The first-order valence-electron chi connectivity index (χ1n) is 10.5. The van der Waals surface area contributed by atoms with Crippen molar-refractivity contribution < 1.29 is 18.7 Å². The van der Waals surface area contributed by atoms with Gasteiger partial charge in [-0.3, -0.25) is 19.7 Å². The number of nitrogens with zero attached hydrogens (tertiary/aromatic N) is 4. The summed E-state index contributed by atoms with van der Waals surface area (Å²) < 4.78 is 26.5. The highest BCUT2D eigenvalue weighted by Crippen LogP contribution is 2.51. The average Bonchev–Trinajstić information content (AvgIpc) is 3.30. The largest absolute Gasteiger partial charge is 0.373 e. The van der Waals surface area contributed by atoms with Crippen molar-refractivity contribution in [1.82, 2.24) is 19.9 Å². The number of hydrogen-bond acceptors (Lipinski definition) is 6. The van der Waals surface area contributed by atoms with Crippen molar-refractivity contribution in [2.24, 2.45) is 0 Å². The van der Waals surface area contributed by atoms with Crippen LogP contribution in [0.15, 0.2) is 49.2 Å². The second kappa shape index (κ2) is 7.03. The second-order valence-electron chi connectivity index (χ2n) is 8.48. The summed E-state index contributed by atoms with van der Waals surface area (Å²) in [6.45, 7) is 0.280. The molecule has 6 rings (SSSR count). The maximum absolute atomic E-state index is 14.3. The Hall–Kier alpha value is -2.97. The third-order valence-corrected chi connectivity index (χ3v) is 6.66. The maximum atomic E-state index is 14.3. The van der Waals surface area contributed by atoms with E-state index in [2.05, 4.69) is 15.0 Å². The number of amides is 1. The zero-order valence-corrected chi connectivity index (χ0v) is 16.8. The molecular formula is C23H21FN4O3. The molecule has 2 saturated heterocycles. The molecule has 2 aliphatic heterocycles. The van der Waals surface area contributed by atoms with Gasteiger partial charge in [0.05, 0.1) is 36.8 Å². The minimum absolute atomic E-state index is 0.0211. The van der Waals surface area contributed by atoms with E-state index in [9.17, 15) is 9.18 Å². The van der Waals surface area contributed by atoms with Crippen molar-refractivity contribution in [3.63, 3.8) is 0 Å². The second-order valence-corrected chi connectivity index (χ2v) is 8.48. The van der Waals surface area contributed by atoms with E-state index in [4.69, 9.17) is 9.47 Å². The van der Waals surface area contributed by atoms with Gasteiger partial charge in [-0.25, -0.2) is 4.39 Å². The molecular weight excluding hydrogens is 399 g/mol. The summed E-state index contributed by atoms with van der Waals surface area (Å²) >= 11 is 0. The summed E-state index contributed by atoms with van der Waals surface area (Å²) in [6, 6.07) is 5.48. The molecule has 1 unspecified atom stereocenters. The molecule has 3 aliphatic rings. The van der Waals surface area contributed by atoms with Gasteiger partial charge in [0.1, 0.15) is 12.0 Å². The highest BCUT2D eigenvalue weighted by molar-refractivity contribution is 5.89. The number of fused-ring (bicyclic) bond motifs is 2. The van der Waals surface area contributed by atoms with E-state index in [1.165, 1.54) is 6.20 Å². The van der Waals surface area contributed by atoms with Crippen LogP contribution in [-0.2, 0) is 20.9 Å². The Labute approximate surface area is 178 Å². The van der Waals surface area contributed by atoms with Gasteiger partial charge in [0.2, 0.25) is 0 Å². The molecule has 31 heavy (non-hydrogen) atoms. The quantitative estimate of drug-likeness (QED) is 0.645. The Morgan fingerprint density at radius 2 is 2.06 bits per heavy atom. The average molecular weight is 420 g/mol. The maximum Gasteiger partial charge on any atom is 0.257 e. The molecule has 3 aromatic rings. The standard InChI is InChI=1S/C23H21FN4O3/c24-17-11-26-10-14-2-1-3-15(21(14)17)13-30-16-8-23(9-16)22(29)28-19(4-5-20(28)31-23)18-12-25-6-7-27-18/h1-3,6-7,10-12,16,19-20H,4-5,8-9,13H2/t16?,19-,20?,23?/m0/s1. The normalized spacial score (nSPS) is 29.5. The van der Waals surface area contributed by atoms with Crippen molar-refractivity contribution in [3.05, 3.63) is 66.3 Å². The lowest BCUT2D eigenvalue weighted by Gasteiger charge is -2.42. The van der Waals surface area contributed by atoms with Crippen molar-refractivity contribution in [2.45, 2.75) is 56.3 Å². The molecule has 0 bridgehead atoms. The summed E-state index contributed by atoms with van der Waals surface area (Å²) in [4.78, 5) is 27.5. The fraction of sp³-hybridized carbons (Fsp3) is 0.391. The molecule has 8 heteroatoms. The first-order chi connectivity index (χ1) is 15.1. The summed E-state index contributed by atoms with van der Waals surface area (Å²) in [7, 11) is 0. The summed E-state index contributed by atoms with van der Waals surface area (Å²) in [6.07, 6.45) is 10.2. The summed E-state index contributed by atoms with van der Waals surface area (Å²) in [5.74, 6) is -0.334. The molecule has 4 heterocycles. The number of benzene rings is 1. The molecule has 1 amide bonds. The topological polar surface area (TPSA) is 77.4 Å². The van der Waals surface area contributed by atoms with Gasteiger partial charge in [0, 0.05) is 42.2 Å². The molecule has 0 radical (unpaired) electrons. The highest BCUT2D eigenvalue weighted by Gasteiger charge is 2.63. The van der Waals surface area contributed by atoms with Crippen LogP contribution in [0.5, 0.6) is 0 Å². The molecule has 1 spiro atoms. The predicted molar refractivity (Wildman–Crippen MR) is 108 cm³/mol. The molecule has 2 atom stereocenters. The lowest BCUT2D eigenvalue weighted by Crippen LogP contribution is -2.54. The zero-order chi connectivity index (χ0) is 21.0. The van der Waals surface area contributed by atoms with Crippen molar-refractivity contribution >= 4 is 16.7 Å². The van der Waals surface area contributed by atoms with Crippen LogP contribution in [0.3, 0.4) is 0 Å². The Balaban J connectivity index is 1.14. The number of carbonyl (C=O) groups excluding carboxylic acids is 1. The van der Waals surface area contributed by atoms with E-state index in [1.54, 1.807) is 24.8 Å². The van der Waals surface area contributed by atoms with Crippen molar-refractivity contribution in [2.75, 3.05) is 0 Å². The molecule has 7 nitrogen and oxygen atoms in total. The number of halogens is 1. The third-order valence-electron chi connectivity index (χ3n) is 6.66. The molecule has 0 N–H and O–H groups in total. The Morgan fingerprint density at radius 1 is 1.16 bits per heavy atom. The first kappa shape index (κ1) is 18.8. The summed E-state index contributed by atoms with van der Waals surface area (Å²) in [5.41, 5.74) is 0.781. The van der Waals surface area contributed by atoms with E-state index in [0.29, 0.717) is 18.2 Å². The molecule has 1 aliphatic carbocycles. The van der Waals surface area contributed by atoms with E-state index >= 15 is 0 Å². The predicted octanol–water partition coefficient (Wildman–Crippen LogP) is 3.30. The number of ether oxygens (including phenoxy) is 2. The number of rotatable bonds is 4. The fourth-order valence-electron chi connectivity index (χ4n) is 5.15. The van der Waals surface area contributed by atoms with Crippen LogP contribution in [0, 0.1) is 5.82 Å². The van der Waals surface area contributed by atoms with Gasteiger partial charge in [-0.1, -0.05) is 18.2 Å².